The van der Waals surface area contributed by atoms with E-state index in [-0.39, 0.29) is 37.0 Å². The SMILES string of the molecule is O=C(Cc1cn(-c2ccccc2)nc1-c1ccc(F)cc1)NCCC(=O)Nc1cccnc1. The normalized spacial score (nSPS) is 10.6. The number of aromatic nitrogens is 3. The van der Waals surface area contributed by atoms with E-state index in [1.54, 1.807) is 47.5 Å². The molecular formula is C25H22FN5O2. The second kappa shape index (κ2) is 10.3. The predicted molar refractivity (Wildman–Crippen MR) is 123 cm³/mol. The predicted octanol–water partition coefficient (Wildman–Crippen LogP) is 3.76. The van der Waals surface area contributed by atoms with Gasteiger partial charge in [-0.2, -0.15) is 5.10 Å². The fourth-order valence-corrected chi connectivity index (χ4v) is 3.31. The fourth-order valence-electron chi connectivity index (χ4n) is 3.31. The lowest BCUT2D eigenvalue weighted by atomic mass is 10.1. The maximum atomic E-state index is 13.4. The summed E-state index contributed by atoms with van der Waals surface area (Å²) < 4.78 is 15.1. The first-order valence-electron chi connectivity index (χ1n) is 10.4. The molecule has 0 fully saturated rings. The number of benzene rings is 2. The number of rotatable bonds is 8. The Morgan fingerprint density at radius 2 is 1.73 bits per heavy atom. The summed E-state index contributed by atoms with van der Waals surface area (Å²) in [5.74, 6) is -0.794. The quantitative estimate of drug-likeness (QED) is 0.434. The van der Waals surface area contributed by atoms with Crippen LogP contribution in [0.4, 0.5) is 10.1 Å². The molecule has 2 amide bonds. The molecule has 0 aliphatic carbocycles. The summed E-state index contributed by atoms with van der Waals surface area (Å²) in [4.78, 5) is 28.6. The lowest BCUT2D eigenvalue weighted by molar-refractivity contribution is -0.120. The first-order chi connectivity index (χ1) is 16.1. The number of nitrogens with zero attached hydrogens (tertiary/aromatic N) is 3. The Kier molecular flexibility index (Phi) is 6.84. The van der Waals surface area contributed by atoms with E-state index < -0.39 is 0 Å². The number of hydrogen-bond acceptors (Lipinski definition) is 4. The van der Waals surface area contributed by atoms with Crippen LogP contribution < -0.4 is 10.6 Å². The minimum absolute atomic E-state index is 0.0732. The van der Waals surface area contributed by atoms with Gasteiger partial charge in [-0.1, -0.05) is 18.2 Å². The monoisotopic (exact) mass is 443 g/mol. The molecule has 2 aromatic heterocycles. The molecule has 7 nitrogen and oxygen atoms in total. The summed E-state index contributed by atoms with van der Waals surface area (Å²) in [6.45, 7) is 0.198. The molecule has 0 unspecified atom stereocenters. The number of carbonyl (C=O) groups is 2. The van der Waals surface area contributed by atoms with E-state index in [4.69, 9.17) is 0 Å². The van der Waals surface area contributed by atoms with Crippen molar-refractivity contribution in [3.05, 3.63) is 96.7 Å². The van der Waals surface area contributed by atoms with Crippen molar-refractivity contribution in [1.29, 1.82) is 0 Å². The first-order valence-corrected chi connectivity index (χ1v) is 10.4. The summed E-state index contributed by atoms with van der Waals surface area (Å²) in [6, 6.07) is 19.0. The van der Waals surface area contributed by atoms with E-state index >= 15 is 0 Å². The van der Waals surface area contributed by atoms with Crippen LogP contribution in [0.2, 0.25) is 0 Å². The van der Waals surface area contributed by atoms with Gasteiger partial charge in [0.05, 0.1) is 29.7 Å². The van der Waals surface area contributed by atoms with Gasteiger partial charge < -0.3 is 10.6 Å². The number of carbonyl (C=O) groups excluding carboxylic acids is 2. The molecule has 0 saturated heterocycles. The number of halogens is 1. The Morgan fingerprint density at radius 1 is 0.939 bits per heavy atom. The second-order valence-electron chi connectivity index (χ2n) is 7.36. The van der Waals surface area contributed by atoms with Crippen LogP contribution in [-0.4, -0.2) is 33.1 Å². The van der Waals surface area contributed by atoms with Crippen molar-refractivity contribution in [2.75, 3.05) is 11.9 Å². The molecule has 0 atom stereocenters. The van der Waals surface area contributed by atoms with E-state index in [0.29, 0.717) is 22.5 Å². The lowest BCUT2D eigenvalue weighted by Crippen LogP contribution is -2.29. The number of amides is 2. The van der Waals surface area contributed by atoms with E-state index in [0.717, 1.165) is 5.69 Å². The van der Waals surface area contributed by atoms with Gasteiger partial charge in [-0.25, -0.2) is 9.07 Å². The minimum Gasteiger partial charge on any atom is -0.355 e. The molecule has 2 heterocycles. The summed E-state index contributed by atoms with van der Waals surface area (Å²) in [5, 5.41) is 10.1. The molecule has 4 aromatic rings. The van der Waals surface area contributed by atoms with Crippen molar-refractivity contribution in [1.82, 2.24) is 20.1 Å². The van der Waals surface area contributed by atoms with Gasteiger partial charge in [0.15, 0.2) is 0 Å². The molecule has 2 N–H and O–H groups in total. The smallest absolute Gasteiger partial charge is 0.226 e. The first kappa shape index (κ1) is 21.9. The number of para-hydroxylation sites is 1. The molecule has 2 aromatic carbocycles. The van der Waals surface area contributed by atoms with Crippen LogP contribution in [0.3, 0.4) is 0 Å². The van der Waals surface area contributed by atoms with Crippen LogP contribution in [-0.2, 0) is 16.0 Å². The zero-order valence-electron chi connectivity index (χ0n) is 17.7. The second-order valence-corrected chi connectivity index (χ2v) is 7.36. The van der Waals surface area contributed by atoms with E-state index in [2.05, 4.69) is 20.7 Å². The van der Waals surface area contributed by atoms with Gasteiger partial charge in [0, 0.05) is 36.5 Å². The highest BCUT2D eigenvalue weighted by Crippen LogP contribution is 2.24. The molecule has 0 radical (unpaired) electrons. The fraction of sp³-hybridized carbons (Fsp3) is 0.120. The highest BCUT2D eigenvalue weighted by Gasteiger charge is 2.16. The molecule has 166 valence electrons. The highest BCUT2D eigenvalue weighted by atomic mass is 19.1. The maximum Gasteiger partial charge on any atom is 0.226 e. The third kappa shape index (κ3) is 5.88. The zero-order valence-corrected chi connectivity index (χ0v) is 17.7. The number of anilines is 1. The van der Waals surface area contributed by atoms with Gasteiger partial charge in [-0.05, 0) is 48.5 Å². The minimum atomic E-state index is -0.343. The van der Waals surface area contributed by atoms with Crippen LogP contribution >= 0.6 is 0 Å². The molecular weight excluding hydrogens is 421 g/mol. The topological polar surface area (TPSA) is 88.9 Å². The van der Waals surface area contributed by atoms with E-state index in [9.17, 15) is 14.0 Å². The van der Waals surface area contributed by atoms with Crippen molar-refractivity contribution < 1.29 is 14.0 Å². The Morgan fingerprint density at radius 3 is 2.45 bits per heavy atom. The number of pyridine rings is 1. The van der Waals surface area contributed by atoms with E-state index in [1.165, 1.54) is 12.1 Å². The van der Waals surface area contributed by atoms with Crippen molar-refractivity contribution in [2.24, 2.45) is 0 Å². The molecule has 0 aliphatic heterocycles. The average Bonchev–Trinajstić information content (AvgIpc) is 3.24. The molecule has 8 heteroatoms. The molecule has 0 aliphatic rings. The van der Waals surface area contributed by atoms with Crippen molar-refractivity contribution in [3.8, 4) is 16.9 Å². The summed E-state index contributed by atoms with van der Waals surface area (Å²) in [7, 11) is 0. The van der Waals surface area contributed by atoms with E-state index in [1.807, 2.05) is 30.3 Å². The van der Waals surface area contributed by atoms with Gasteiger partial charge in [-0.3, -0.25) is 14.6 Å². The summed E-state index contributed by atoms with van der Waals surface area (Å²) >= 11 is 0. The Bertz CT molecular complexity index is 1220. The van der Waals surface area contributed by atoms with Gasteiger partial charge in [0.2, 0.25) is 11.8 Å². The maximum absolute atomic E-state index is 13.4. The Balaban J connectivity index is 1.42. The molecule has 0 spiro atoms. The number of hydrogen-bond donors (Lipinski definition) is 2. The lowest BCUT2D eigenvalue weighted by Gasteiger charge is -2.07. The number of nitrogens with one attached hydrogen (secondary N) is 2. The standard InChI is InChI=1S/C25H22FN5O2/c26-20-10-8-18(9-11-20)25-19(17-31(30-25)22-6-2-1-3-7-22)15-24(33)28-14-12-23(32)29-21-5-4-13-27-16-21/h1-11,13,16-17H,12,14-15H2,(H,28,33)(H,29,32). The largest absolute Gasteiger partial charge is 0.355 e. The molecule has 33 heavy (non-hydrogen) atoms. The van der Waals surface area contributed by atoms with Crippen molar-refractivity contribution >= 4 is 17.5 Å². The molecule has 0 bridgehead atoms. The zero-order chi connectivity index (χ0) is 23.0. The Labute approximate surface area is 190 Å². The Hall–Kier alpha value is -4.33. The highest BCUT2D eigenvalue weighted by molar-refractivity contribution is 5.91. The van der Waals surface area contributed by atoms with Crippen LogP contribution in [0.5, 0.6) is 0 Å². The summed E-state index contributed by atoms with van der Waals surface area (Å²) in [5.41, 5.74) is 3.46. The van der Waals surface area contributed by atoms with Crippen LogP contribution in [0.15, 0.2) is 85.3 Å². The van der Waals surface area contributed by atoms with Crippen molar-refractivity contribution in [3.63, 3.8) is 0 Å². The van der Waals surface area contributed by atoms with Crippen LogP contribution in [0, 0.1) is 5.82 Å². The van der Waals surface area contributed by atoms with Gasteiger partial charge in [0.1, 0.15) is 5.82 Å². The van der Waals surface area contributed by atoms with Gasteiger partial charge >= 0.3 is 0 Å². The average molecular weight is 443 g/mol. The van der Waals surface area contributed by atoms with Crippen LogP contribution in [0.25, 0.3) is 16.9 Å². The molecule has 4 rings (SSSR count). The third-order valence-electron chi connectivity index (χ3n) is 4.90. The van der Waals surface area contributed by atoms with Crippen molar-refractivity contribution in [2.45, 2.75) is 12.8 Å². The van der Waals surface area contributed by atoms with Gasteiger partial charge in [0.25, 0.3) is 0 Å². The summed E-state index contributed by atoms with van der Waals surface area (Å²) in [6.07, 6.45) is 5.18. The van der Waals surface area contributed by atoms with Crippen LogP contribution in [0.1, 0.15) is 12.0 Å². The third-order valence-corrected chi connectivity index (χ3v) is 4.90. The van der Waals surface area contributed by atoms with Gasteiger partial charge in [-0.15, -0.1) is 0 Å². The molecule has 0 saturated carbocycles.